The van der Waals surface area contributed by atoms with Crippen LogP contribution in [0.25, 0.3) is 0 Å². The highest BCUT2D eigenvalue weighted by Crippen LogP contribution is 2.25. The molecule has 0 unspecified atom stereocenters. The smallest absolute Gasteiger partial charge is 0.185 e. The predicted octanol–water partition coefficient (Wildman–Crippen LogP) is 6.39. The van der Waals surface area contributed by atoms with E-state index in [2.05, 4.69) is 22.2 Å². The van der Waals surface area contributed by atoms with E-state index in [1.165, 1.54) is 29.3 Å². The summed E-state index contributed by atoms with van der Waals surface area (Å²) in [6.45, 7) is 4.43. The minimum absolute atomic E-state index is 0.0665. The van der Waals surface area contributed by atoms with Gasteiger partial charge in [0, 0.05) is 56.1 Å². The number of piperidine rings is 1. The summed E-state index contributed by atoms with van der Waals surface area (Å²) in [5.41, 5.74) is 4.88. The lowest BCUT2D eigenvalue weighted by Crippen LogP contribution is -2.32. The van der Waals surface area contributed by atoms with Crippen molar-refractivity contribution in [2.24, 2.45) is 13.0 Å². The molecule has 0 aliphatic carbocycles. The van der Waals surface area contributed by atoms with Crippen LogP contribution < -0.4 is 10.2 Å². The molecule has 5 rings (SSSR count). The third-order valence-electron chi connectivity index (χ3n) is 7.44. The molecule has 0 spiro atoms. The van der Waals surface area contributed by atoms with Crippen molar-refractivity contribution >= 4 is 28.6 Å². The van der Waals surface area contributed by atoms with E-state index in [4.69, 9.17) is 0 Å². The van der Waals surface area contributed by atoms with Crippen LogP contribution in [0.4, 0.5) is 21.5 Å². The lowest BCUT2D eigenvalue weighted by molar-refractivity contribution is 0.0979. The molecule has 0 saturated carbocycles. The number of hydrogen-bond donors (Lipinski definition) is 1. The number of benzene rings is 3. The molecule has 1 saturated heterocycles. The Balaban J connectivity index is 1.16. The fourth-order valence-corrected chi connectivity index (χ4v) is 4.97. The van der Waals surface area contributed by atoms with Gasteiger partial charge in [-0.05, 0) is 84.5 Å². The molecule has 0 atom stereocenters. The van der Waals surface area contributed by atoms with Gasteiger partial charge in [0.15, 0.2) is 11.6 Å². The minimum Gasteiger partial charge on any atom is -0.372 e. The van der Waals surface area contributed by atoms with E-state index in [-0.39, 0.29) is 18.0 Å². The molecule has 2 heterocycles. The van der Waals surface area contributed by atoms with Gasteiger partial charge < -0.3 is 10.2 Å². The van der Waals surface area contributed by atoms with Crippen LogP contribution in [0.2, 0.25) is 0 Å². The third-order valence-corrected chi connectivity index (χ3v) is 7.44. The second-order valence-electron chi connectivity index (χ2n) is 10.4. The summed E-state index contributed by atoms with van der Waals surface area (Å²) in [6, 6.07) is 21.8. The Hall–Kier alpha value is -4.26. The first-order valence-electron chi connectivity index (χ1n) is 13.4. The largest absolute Gasteiger partial charge is 0.372 e. The van der Waals surface area contributed by atoms with Crippen molar-refractivity contribution in [3.63, 3.8) is 0 Å². The molecular weight excluding hydrogens is 491 g/mol. The van der Waals surface area contributed by atoms with Crippen LogP contribution in [-0.2, 0) is 19.9 Å². The first kappa shape index (κ1) is 26.4. The molecule has 200 valence electrons. The second kappa shape index (κ2) is 11.6. The molecule has 6 nitrogen and oxygen atoms in total. The average Bonchev–Trinajstić information content (AvgIpc) is 3.38. The van der Waals surface area contributed by atoms with Crippen LogP contribution in [-0.4, -0.2) is 34.4 Å². The number of carbonyl (C=O) groups excluding carboxylic acids is 2. The van der Waals surface area contributed by atoms with Crippen LogP contribution in [0, 0.1) is 11.7 Å². The van der Waals surface area contributed by atoms with Crippen molar-refractivity contribution in [3.8, 4) is 0 Å². The normalized spacial score (nSPS) is 13.9. The Morgan fingerprint density at radius 3 is 2.21 bits per heavy atom. The number of rotatable bonds is 9. The Labute approximate surface area is 228 Å². The van der Waals surface area contributed by atoms with Crippen molar-refractivity contribution in [2.45, 2.75) is 32.6 Å². The Kier molecular flexibility index (Phi) is 7.87. The monoisotopic (exact) mass is 524 g/mol. The zero-order valence-electron chi connectivity index (χ0n) is 22.4. The first-order chi connectivity index (χ1) is 18.9. The van der Waals surface area contributed by atoms with Crippen LogP contribution >= 0.6 is 0 Å². The summed E-state index contributed by atoms with van der Waals surface area (Å²) in [5.74, 6) is 0.292. The van der Waals surface area contributed by atoms with Crippen LogP contribution in [0.15, 0.2) is 79.0 Å². The number of ketones is 2. The highest BCUT2D eigenvalue weighted by Gasteiger charge is 2.17. The van der Waals surface area contributed by atoms with E-state index in [0.29, 0.717) is 34.6 Å². The zero-order valence-corrected chi connectivity index (χ0v) is 22.4. The molecule has 0 amide bonds. The van der Waals surface area contributed by atoms with Gasteiger partial charge in [-0.25, -0.2) is 4.39 Å². The van der Waals surface area contributed by atoms with Crippen molar-refractivity contribution in [1.82, 2.24) is 9.78 Å². The summed E-state index contributed by atoms with van der Waals surface area (Å²) in [5, 5.41) is 7.09. The Bertz CT molecular complexity index is 1450. The molecule has 1 N–H and O–H groups in total. The highest BCUT2D eigenvalue weighted by molar-refractivity contribution is 5.98. The number of carbonyl (C=O) groups is 2. The lowest BCUT2D eigenvalue weighted by Gasteiger charge is -2.32. The maximum Gasteiger partial charge on any atom is 0.185 e. The van der Waals surface area contributed by atoms with E-state index < -0.39 is 5.82 Å². The predicted molar refractivity (Wildman–Crippen MR) is 152 cm³/mol. The van der Waals surface area contributed by atoms with Crippen molar-refractivity contribution < 1.29 is 14.0 Å². The lowest BCUT2D eigenvalue weighted by atomic mass is 9.98. The Morgan fingerprint density at radius 1 is 0.897 bits per heavy atom. The summed E-state index contributed by atoms with van der Waals surface area (Å²) < 4.78 is 16.3. The summed E-state index contributed by atoms with van der Waals surface area (Å²) in [6.07, 6.45) is 4.37. The first-order valence-corrected chi connectivity index (χ1v) is 13.4. The molecule has 1 aromatic heterocycles. The van der Waals surface area contributed by atoms with E-state index in [1.54, 1.807) is 31.4 Å². The van der Waals surface area contributed by atoms with Gasteiger partial charge in [-0.2, -0.15) is 5.10 Å². The van der Waals surface area contributed by atoms with Gasteiger partial charge >= 0.3 is 0 Å². The van der Waals surface area contributed by atoms with Gasteiger partial charge in [0.25, 0.3) is 0 Å². The molecule has 1 aliphatic rings. The van der Waals surface area contributed by atoms with Crippen molar-refractivity contribution in [2.75, 3.05) is 23.3 Å². The number of aromatic nitrogens is 2. The zero-order chi connectivity index (χ0) is 27.4. The number of anilines is 3. The fourth-order valence-electron chi connectivity index (χ4n) is 4.97. The molecule has 0 bridgehead atoms. The van der Waals surface area contributed by atoms with Gasteiger partial charge in [-0.3, -0.25) is 14.3 Å². The topological polar surface area (TPSA) is 67.2 Å². The molecule has 7 heteroatoms. The SMILES string of the molecule is CC1CCN(c2ccc(C(=O)Cc3ccc(Nc4ccc(CC(=O)c5ccnn5C)cc4F)cc3)cc2)CC1. The number of nitrogens with zero attached hydrogens (tertiary/aromatic N) is 3. The van der Waals surface area contributed by atoms with Gasteiger partial charge in [-0.1, -0.05) is 25.1 Å². The quantitative estimate of drug-likeness (QED) is 0.257. The highest BCUT2D eigenvalue weighted by atomic mass is 19.1. The summed E-state index contributed by atoms with van der Waals surface area (Å²) in [4.78, 5) is 27.7. The summed E-state index contributed by atoms with van der Waals surface area (Å²) >= 11 is 0. The van der Waals surface area contributed by atoms with E-state index in [9.17, 15) is 14.0 Å². The summed E-state index contributed by atoms with van der Waals surface area (Å²) in [7, 11) is 1.70. The number of hydrogen-bond acceptors (Lipinski definition) is 5. The molecule has 0 radical (unpaired) electrons. The Morgan fingerprint density at radius 2 is 1.56 bits per heavy atom. The number of halogens is 1. The van der Waals surface area contributed by atoms with E-state index >= 15 is 0 Å². The van der Waals surface area contributed by atoms with Crippen LogP contribution in [0.5, 0.6) is 0 Å². The number of aryl methyl sites for hydroxylation is 1. The fraction of sp³-hybridized carbons (Fsp3) is 0.281. The maximum absolute atomic E-state index is 14.8. The van der Waals surface area contributed by atoms with Crippen LogP contribution in [0.3, 0.4) is 0 Å². The molecular formula is C32H33FN4O2. The molecule has 1 aliphatic heterocycles. The number of Topliss-reactive ketones (excluding diaryl/α,β-unsaturated/α-hetero) is 2. The molecule has 4 aromatic rings. The van der Waals surface area contributed by atoms with E-state index in [1.807, 2.05) is 48.5 Å². The molecule has 3 aromatic carbocycles. The average molecular weight is 525 g/mol. The van der Waals surface area contributed by atoms with Crippen LogP contribution in [0.1, 0.15) is 51.7 Å². The van der Waals surface area contributed by atoms with Gasteiger partial charge in [0.2, 0.25) is 0 Å². The molecule has 1 fully saturated rings. The van der Waals surface area contributed by atoms with Crippen molar-refractivity contribution in [3.05, 3.63) is 107 Å². The van der Waals surface area contributed by atoms with Crippen molar-refractivity contribution in [1.29, 1.82) is 0 Å². The van der Waals surface area contributed by atoms with Gasteiger partial charge in [0.1, 0.15) is 11.5 Å². The van der Waals surface area contributed by atoms with Gasteiger partial charge in [-0.15, -0.1) is 0 Å². The minimum atomic E-state index is -0.438. The third kappa shape index (κ3) is 6.42. The number of nitrogens with one attached hydrogen (secondary N) is 1. The standard InChI is InChI=1S/C32H33FN4O2/c1-22-14-17-37(18-15-22)27-10-6-25(7-11-27)31(38)20-23-3-8-26(9-4-23)35-29-12-5-24(19-28(29)33)21-32(39)30-13-16-34-36(30)2/h3-13,16,19,22,35H,14-15,17-18,20-21H2,1-2H3. The maximum atomic E-state index is 14.8. The van der Waals surface area contributed by atoms with E-state index in [0.717, 1.165) is 24.6 Å². The van der Waals surface area contributed by atoms with Gasteiger partial charge in [0.05, 0.1) is 5.69 Å². The molecule has 39 heavy (non-hydrogen) atoms. The second-order valence-corrected chi connectivity index (χ2v) is 10.4.